The molecule has 0 spiro atoms. The second-order valence-corrected chi connectivity index (χ2v) is 5.37. The minimum atomic E-state index is -0.441. The maximum Gasteiger partial charge on any atom is 0.223 e. The van der Waals surface area contributed by atoms with E-state index < -0.39 is 5.82 Å². The van der Waals surface area contributed by atoms with Crippen LogP contribution in [0.1, 0.15) is 31.6 Å². The van der Waals surface area contributed by atoms with Gasteiger partial charge in [0.1, 0.15) is 5.82 Å². The van der Waals surface area contributed by atoms with E-state index in [1.807, 2.05) is 6.20 Å². The van der Waals surface area contributed by atoms with E-state index in [-0.39, 0.29) is 6.04 Å². The third kappa shape index (κ3) is 3.24. The summed E-state index contributed by atoms with van der Waals surface area (Å²) in [6.07, 6.45) is 8.02. The Labute approximate surface area is 128 Å². The van der Waals surface area contributed by atoms with Crippen molar-refractivity contribution in [2.75, 3.05) is 18.5 Å². The van der Waals surface area contributed by atoms with E-state index >= 15 is 0 Å². The highest BCUT2D eigenvalue weighted by Gasteiger charge is 2.29. The van der Waals surface area contributed by atoms with Crippen LogP contribution in [-0.4, -0.2) is 32.7 Å². The first-order valence-electron chi connectivity index (χ1n) is 7.60. The van der Waals surface area contributed by atoms with Crippen LogP contribution in [0.3, 0.4) is 0 Å². The molecule has 1 saturated heterocycles. The molecule has 1 atom stereocenters. The van der Waals surface area contributed by atoms with Crippen LogP contribution in [-0.2, 0) is 11.3 Å². The van der Waals surface area contributed by atoms with Gasteiger partial charge in [0, 0.05) is 32.2 Å². The fourth-order valence-corrected chi connectivity index (χ4v) is 2.84. The number of anilines is 1. The minimum Gasteiger partial charge on any atom is -0.381 e. The second kappa shape index (κ2) is 6.83. The van der Waals surface area contributed by atoms with Gasteiger partial charge in [-0.1, -0.05) is 0 Å². The number of rotatable bonds is 5. The molecule has 1 N–H and O–H groups in total. The molecule has 3 heterocycles. The molecule has 2 aromatic heterocycles. The molecule has 0 bridgehead atoms. The molecular formula is C15H20FN5O. The molecule has 118 valence electrons. The van der Waals surface area contributed by atoms with Crippen LogP contribution >= 0.6 is 0 Å². The number of hydrogen-bond donors (Lipinski definition) is 1. The maximum atomic E-state index is 13.0. The van der Waals surface area contributed by atoms with Gasteiger partial charge < -0.3 is 14.6 Å². The predicted molar refractivity (Wildman–Crippen MR) is 79.8 cm³/mol. The van der Waals surface area contributed by atoms with Crippen molar-refractivity contribution in [1.82, 2.24) is 19.5 Å². The zero-order valence-electron chi connectivity index (χ0n) is 12.6. The van der Waals surface area contributed by atoms with E-state index in [2.05, 4.69) is 31.8 Å². The molecule has 3 rings (SSSR count). The fourth-order valence-electron chi connectivity index (χ4n) is 2.84. The van der Waals surface area contributed by atoms with Gasteiger partial charge in [0.25, 0.3) is 0 Å². The van der Waals surface area contributed by atoms with Crippen molar-refractivity contribution >= 4 is 5.95 Å². The van der Waals surface area contributed by atoms with E-state index in [0.717, 1.165) is 38.4 Å². The van der Waals surface area contributed by atoms with Crippen LogP contribution in [0.5, 0.6) is 0 Å². The Morgan fingerprint density at radius 1 is 1.32 bits per heavy atom. The number of aryl methyl sites for hydroxylation is 1. The highest BCUT2D eigenvalue weighted by Crippen LogP contribution is 2.31. The molecule has 0 amide bonds. The zero-order chi connectivity index (χ0) is 15.4. The Morgan fingerprint density at radius 3 is 2.73 bits per heavy atom. The van der Waals surface area contributed by atoms with Crippen molar-refractivity contribution in [3.63, 3.8) is 0 Å². The summed E-state index contributed by atoms with van der Waals surface area (Å²) in [7, 11) is 0. The maximum absolute atomic E-state index is 13.0. The Balaban J connectivity index is 1.86. The summed E-state index contributed by atoms with van der Waals surface area (Å²) in [6, 6.07) is -0.00990. The van der Waals surface area contributed by atoms with Gasteiger partial charge in [-0.15, -0.1) is 0 Å². The second-order valence-electron chi connectivity index (χ2n) is 5.37. The number of nitrogens with zero attached hydrogens (tertiary/aromatic N) is 4. The number of imidazole rings is 1. The van der Waals surface area contributed by atoms with Crippen molar-refractivity contribution in [2.45, 2.75) is 32.4 Å². The van der Waals surface area contributed by atoms with Gasteiger partial charge in [0.05, 0.1) is 18.4 Å². The average molecular weight is 305 g/mol. The Bertz CT molecular complexity index is 594. The van der Waals surface area contributed by atoms with Crippen molar-refractivity contribution in [2.24, 2.45) is 5.92 Å². The van der Waals surface area contributed by atoms with E-state index in [9.17, 15) is 4.39 Å². The van der Waals surface area contributed by atoms with E-state index in [0.29, 0.717) is 11.9 Å². The number of aromatic nitrogens is 4. The topological polar surface area (TPSA) is 64.9 Å². The third-order valence-electron chi connectivity index (χ3n) is 4.01. The van der Waals surface area contributed by atoms with Crippen LogP contribution in [0.15, 0.2) is 24.8 Å². The SMILES string of the molecule is CCn1ccnc1C(Nc1ncc(F)cn1)C1CCOCC1. The largest absolute Gasteiger partial charge is 0.381 e. The predicted octanol–water partition coefficient (Wildman–Crippen LogP) is 2.41. The Hall–Kier alpha value is -2.02. The molecule has 6 nitrogen and oxygen atoms in total. The molecule has 1 aliphatic rings. The van der Waals surface area contributed by atoms with Crippen molar-refractivity contribution in [3.05, 3.63) is 36.4 Å². The molecule has 1 fully saturated rings. The molecule has 1 unspecified atom stereocenters. The standard InChI is InChI=1S/C15H20FN5O/c1-2-21-6-5-17-14(21)13(11-3-7-22-8-4-11)20-15-18-9-12(16)10-19-15/h5-6,9-11,13H,2-4,7-8H2,1H3,(H,18,19,20). The monoisotopic (exact) mass is 305 g/mol. The van der Waals surface area contributed by atoms with E-state index in [1.165, 1.54) is 12.4 Å². The number of nitrogens with one attached hydrogen (secondary N) is 1. The lowest BCUT2D eigenvalue weighted by atomic mass is 9.91. The Kier molecular flexibility index (Phi) is 4.62. The normalized spacial score (nSPS) is 17.4. The number of halogens is 1. The van der Waals surface area contributed by atoms with Crippen molar-refractivity contribution in [3.8, 4) is 0 Å². The van der Waals surface area contributed by atoms with Crippen LogP contribution in [0.2, 0.25) is 0 Å². The quantitative estimate of drug-likeness (QED) is 0.919. The fraction of sp³-hybridized carbons (Fsp3) is 0.533. The van der Waals surface area contributed by atoms with Gasteiger partial charge in [-0.3, -0.25) is 0 Å². The summed E-state index contributed by atoms with van der Waals surface area (Å²) in [5, 5.41) is 3.33. The molecule has 0 aromatic carbocycles. The molecule has 1 aliphatic heterocycles. The van der Waals surface area contributed by atoms with Crippen molar-refractivity contribution < 1.29 is 9.13 Å². The molecule has 0 aliphatic carbocycles. The zero-order valence-corrected chi connectivity index (χ0v) is 12.6. The van der Waals surface area contributed by atoms with Crippen LogP contribution in [0.4, 0.5) is 10.3 Å². The summed E-state index contributed by atoms with van der Waals surface area (Å²) in [4.78, 5) is 12.5. The molecule has 7 heteroatoms. The third-order valence-corrected chi connectivity index (χ3v) is 4.01. The molecule has 2 aromatic rings. The number of hydrogen-bond acceptors (Lipinski definition) is 5. The summed E-state index contributed by atoms with van der Waals surface area (Å²) >= 11 is 0. The summed E-state index contributed by atoms with van der Waals surface area (Å²) in [5.41, 5.74) is 0. The first kappa shape index (κ1) is 14.9. The van der Waals surface area contributed by atoms with Gasteiger partial charge in [-0.05, 0) is 25.7 Å². The minimum absolute atomic E-state index is 0.00990. The highest BCUT2D eigenvalue weighted by molar-refractivity contribution is 5.28. The smallest absolute Gasteiger partial charge is 0.223 e. The van der Waals surface area contributed by atoms with Crippen molar-refractivity contribution in [1.29, 1.82) is 0 Å². The molecule has 0 saturated carbocycles. The Morgan fingerprint density at radius 2 is 2.05 bits per heavy atom. The van der Waals surface area contributed by atoms with Gasteiger partial charge in [-0.25, -0.2) is 19.3 Å². The molecule has 0 radical (unpaired) electrons. The average Bonchev–Trinajstić information content (AvgIpc) is 3.03. The lowest BCUT2D eigenvalue weighted by Crippen LogP contribution is -2.29. The summed E-state index contributed by atoms with van der Waals surface area (Å²) < 4.78 is 20.5. The van der Waals surface area contributed by atoms with E-state index in [4.69, 9.17) is 4.74 Å². The van der Waals surface area contributed by atoms with Gasteiger partial charge in [0.15, 0.2) is 5.82 Å². The van der Waals surface area contributed by atoms with Crippen LogP contribution in [0, 0.1) is 11.7 Å². The van der Waals surface area contributed by atoms with Gasteiger partial charge >= 0.3 is 0 Å². The summed E-state index contributed by atoms with van der Waals surface area (Å²) in [5.74, 6) is 1.32. The highest BCUT2D eigenvalue weighted by atomic mass is 19.1. The first-order chi connectivity index (χ1) is 10.8. The van der Waals surface area contributed by atoms with Gasteiger partial charge in [0.2, 0.25) is 5.95 Å². The van der Waals surface area contributed by atoms with Crippen LogP contribution in [0.25, 0.3) is 0 Å². The summed E-state index contributed by atoms with van der Waals surface area (Å²) in [6.45, 7) is 4.43. The first-order valence-corrected chi connectivity index (χ1v) is 7.60. The number of ether oxygens (including phenoxy) is 1. The lowest BCUT2D eigenvalue weighted by Gasteiger charge is -2.30. The molecule has 22 heavy (non-hydrogen) atoms. The van der Waals surface area contributed by atoms with Gasteiger partial charge in [-0.2, -0.15) is 0 Å². The van der Waals surface area contributed by atoms with E-state index in [1.54, 1.807) is 6.20 Å². The van der Waals surface area contributed by atoms with Crippen LogP contribution < -0.4 is 5.32 Å². The lowest BCUT2D eigenvalue weighted by molar-refractivity contribution is 0.0593. The molecular weight excluding hydrogens is 285 g/mol.